The molecule has 166 valence electrons. The number of rotatable bonds is 7. The van der Waals surface area contributed by atoms with Gasteiger partial charge in [-0.1, -0.05) is 17.7 Å². The number of sulfonamides is 1. The van der Waals surface area contributed by atoms with Gasteiger partial charge in [0.15, 0.2) is 0 Å². The highest BCUT2D eigenvalue weighted by Crippen LogP contribution is 2.21. The Morgan fingerprint density at radius 2 is 1.74 bits per heavy atom. The normalized spacial score (nSPS) is 14.8. The average molecular weight is 466 g/mol. The zero-order valence-corrected chi connectivity index (χ0v) is 18.7. The third kappa shape index (κ3) is 5.75. The first-order chi connectivity index (χ1) is 14.8. The predicted octanol–water partition coefficient (Wildman–Crippen LogP) is 2.00. The maximum atomic E-state index is 12.8. The van der Waals surface area contributed by atoms with Gasteiger partial charge in [-0.2, -0.15) is 4.31 Å². The standard InChI is InChI=1S/C21H24ClN3O5S/c1-2-30-18-6-8-19(9-7-18)31(28,29)25-12-10-24(11-13-25)20(26)15-23-21(27)16-4-3-5-17(22)14-16/h3-9,14H,2,10-13,15H2,1H3,(H,23,27). The van der Waals surface area contributed by atoms with Gasteiger partial charge in [0, 0.05) is 36.8 Å². The Kier molecular flexibility index (Phi) is 7.53. The molecule has 1 aliphatic rings. The van der Waals surface area contributed by atoms with Crippen LogP contribution in [0, 0.1) is 0 Å². The van der Waals surface area contributed by atoms with Crippen LogP contribution < -0.4 is 10.1 Å². The third-order valence-corrected chi connectivity index (χ3v) is 7.00. The van der Waals surface area contributed by atoms with Gasteiger partial charge in [0.25, 0.3) is 5.91 Å². The summed E-state index contributed by atoms with van der Waals surface area (Å²) in [5.74, 6) is -0.0576. The van der Waals surface area contributed by atoms with Crippen LogP contribution in [0.4, 0.5) is 0 Å². The molecule has 1 fully saturated rings. The van der Waals surface area contributed by atoms with Gasteiger partial charge in [0.05, 0.1) is 18.0 Å². The molecule has 8 nitrogen and oxygen atoms in total. The Hall–Kier alpha value is -2.62. The van der Waals surface area contributed by atoms with Crippen molar-refractivity contribution >= 4 is 33.4 Å². The first-order valence-corrected chi connectivity index (χ1v) is 11.7. The summed E-state index contributed by atoms with van der Waals surface area (Å²) in [4.78, 5) is 26.3. The fourth-order valence-corrected chi connectivity index (χ4v) is 4.81. The van der Waals surface area contributed by atoms with Crippen molar-refractivity contribution in [2.75, 3.05) is 39.3 Å². The van der Waals surface area contributed by atoms with Crippen LogP contribution in [0.2, 0.25) is 5.02 Å². The van der Waals surface area contributed by atoms with Crippen LogP contribution >= 0.6 is 11.6 Å². The number of carbonyl (C=O) groups excluding carboxylic acids is 2. The van der Waals surface area contributed by atoms with Crippen molar-refractivity contribution in [3.05, 3.63) is 59.1 Å². The smallest absolute Gasteiger partial charge is 0.251 e. The second-order valence-electron chi connectivity index (χ2n) is 6.88. The number of amides is 2. The van der Waals surface area contributed by atoms with Crippen molar-refractivity contribution in [2.45, 2.75) is 11.8 Å². The van der Waals surface area contributed by atoms with Gasteiger partial charge in [0.1, 0.15) is 5.75 Å². The molecule has 2 aromatic carbocycles. The monoisotopic (exact) mass is 465 g/mol. The fraction of sp³-hybridized carbons (Fsp3) is 0.333. The molecule has 10 heteroatoms. The van der Waals surface area contributed by atoms with Gasteiger partial charge in [-0.05, 0) is 49.4 Å². The highest BCUT2D eigenvalue weighted by Gasteiger charge is 2.30. The van der Waals surface area contributed by atoms with E-state index in [0.717, 1.165) is 0 Å². The lowest BCUT2D eigenvalue weighted by molar-refractivity contribution is -0.131. The van der Waals surface area contributed by atoms with Crippen molar-refractivity contribution in [1.82, 2.24) is 14.5 Å². The number of carbonyl (C=O) groups is 2. The van der Waals surface area contributed by atoms with E-state index in [4.69, 9.17) is 16.3 Å². The summed E-state index contributed by atoms with van der Waals surface area (Å²) in [7, 11) is -3.65. The summed E-state index contributed by atoms with van der Waals surface area (Å²) in [5, 5.41) is 3.01. The van der Waals surface area contributed by atoms with Crippen molar-refractivity contribution < 1.29 is 22.7 Å². The van der Waals surface area contributed by atoms with Gasteiger partial charge >= 0.3 is 0 Å². The Balaban J connectivity index is 1.52. The topological polar surface area (TPSA) is 96.0 Å². The number of nitrogens with one attached hydrogen (secondary N) is 1. The first kappa shape index (κ1) is 23.1. The number of hydrogen-bond acceptors (Lipinski definition) is 5. The largest absolute Gasteiger partial charge is 0.494 e. The number of halogens is 1. The van der Waals surface area contributed by atoms with Crippen LogP contribution in [0.15, 0.2) is 53.4 Å². The van der Waals surface area contributed by atoms with Crippen LogP contribution in [-0.4, -0.2) is 68.8 Å². The quantitative estimate of drug-likeness (QED) is 0.674. The molecule has 0 unspecified atom stereocenters. The second kappa shape index (κ2) is 10.1. The zero-order valence-electron chi connectivity index (χ0n) is 17.1. The molecule has 0 saturated carbocycles. The number of piperazine rings is 1. The maximum Gasteiger partial charge on any atom is 0.251 e. The summed E-state index contributed by atoms with van der Waals surface area (Å²) in [6.45, 7) is 3.06. The van der Waals surface area contributed by atoms with E-state index in [1.165, 1.54) is 22.5 Å². The first-order valence-electron chi connectivity index (χ1n) is 9.86. The summed E-state index contributed by atoms with van der Waals surface area (Å²) in [5.41, 5.74) is 0.367. The van der Waals surface area contributed by atoms with Crippen LogP contribution in [-0.2, 0) is 14.8 Å². The molecule has 31 heavy (non-hydrogen) atoms. The van der Waals surface area contributed by atoms with E-state index in [2.05, 4.69) is 5.32 Å². The zero-order chi connectivity index (χ0) is 22.4. The van der Waals surface area contributed by atoms with E-state index >= 15 is 0 Å². The molecule has 1 aliphatic heterocycles. The third-order valence-electron chi connectivity index (χ3n) is 4.85. The fourth-order valence-electron chi connectivity index (χ4n) is 3.20. The SMILES string of the molecule is CCOc1ccc(S(=O)(=O)N2CCN(C(=O)CNC(=O)c3cccc(Cl)c3)CC2)cc1. The minimum Gasteiger partial charge on any atom is -0.494 e. The molecular formula is C21H24ClN3O5S. The van der Waals surface area contributed by atoms with Gasteiger partial charge in [-0.3, -0.25) is 9.59 Å². The Morgan fingerprint density at radius 1 is 1.06 bits per heavy atom. The maximum absolute atomic E-state index is 12.8. The van der Waals surface area contributed by atoms with Crippen LogP contribution in [0.5, 0.6) is 5.75 Å². The van der Waals surface area contributed by atoms with Crippen molar-refractivity contribution in [2.24, 2.45) is 0 Å². The molecule has 0 bridgehead atoms. The Bertz CT molecular complexity index is 1040. The van der Waals surface area contributed by atoms with E-state index in [0.29, 0.717) is 22.9 Å². The molecule has 2 amide bonds. The lowest BCUT2D eigenvalue weighted by Crippen LogP contribution is -2.52. The molecule has 1 heterocycles. The number of benzene rings is 2. The van der Waals surface area contributed by atoms with E-state index in [9.17, 15) is 18.0 Å². The molecule has 0 spiro atoms. The summed E-state index contributed by atoms with van der Waals surface area (Å²) in [6.07, 6.45) is 0. The van der Waals surface area contributed by atoms with Gasteiger partial charge in [0.2, 0.25) is 15.9 Å². The van der Waals surface area contributed by atoms with Crippen molar-refractivity contribution in [1.29, 1.82) is 0 Å². The lowest BCUT2D eigenvalue weighted by atomic mass is 10.2. The van der Waals surface area contributed by atoms with Crippen LogP contribution in [0.3, 0.4) is 0 Å². The highest BCUT2D eigenvalue weighted by atomic mass is 35.5. The molecule has 1 N–H and O–H groups in total. The minimum absolute atomic E-state index is 0.170. The lowest BCUT2D eigenvalue weighted by Gasteiger charge is -2.34. The van der Waals surface area contributed by atoms with E-state index in [1.807, 2.05) is 6.92 Å². The Morgan fingerprint density at radius 3 is 2.35 bits per heavy atom. The molecule has 1 saturated heterocycles. The van der Waals surface area contributed by atoms with Crippen LogP contribution in [0.25, 0.3) is 0 Å². The highest BCUT2D eigenvalue weighted by molar-refractivity contribution is 7.89. The molecule has 0 aromatic heterocycles. The Labute approximate surface area is 186 Å². The van der Waals surface area contributed by atoms with E-state index in [1.54, 1.807) is 35.2 Å². The van der Waals surface area contributed by atoms with Gasteiger partial charge < -0.3 is 15.0 Å². The number of hydrogen-bond donors (Lipinski definition) is 1. The summed E-state index contributed by atoms with van der Waals surface area (Å²) >= 11 is 5.87. The van der Waals surface area contributed by atoms with Gasteiger partial charge in [-0.15, -0.1) is 0 Å². The molecular weight excluding hydrogens is 442 g/mol. The molecule has 0 aliphatic carbocycles. The molecule has 3 rings (SSSR count). The summed E-state index contributed by atoms with van der Waals surface area (Å²) < 4.78 is 32.4. The minimum atomic E-state index is -3.65. The molecule has 2 aromatic rings. The number of nitrogens with zero attached hydrogens (tertiary/aromatic N) is 2. The summed E-state index contributed by atoms with van der Waals surface area (Å²) in [6, 6.07) is 12.7. The van der Waals surface area contributed by atoms with Crippen molar-refractivity contribution in [3.63, 3.8) is 0 Å². The van der Waals surface area contributed by atoms with Gasteiger partial charge in [-0.25, -0.2) is 8.42 Å². The van der Waals surface area contributed by atoms with Crippen molar-refractivity contribution in [3.8, 4) is 5.75 Å². The second-order valence-corrected chi connectivity index (χ2v) is 9.26. The van der Waals surface area contributed by atoms with E-state index in [-0.39, 0.29) is 43.5 Å². The van der Waals surface area contributed by atoms with Crippen LogP contribution in [0.1, 0.15) is 17.3 Å². The molecule has 0 atom stereocenters. The molecule has 0 radical (unpaired) electrons. The van der Waals surface area contributed by atoms with E-state index < -0.39 is 15.9 Å². The number of ether oxygens (including phenoxy) is 1. The predicted molar refractivity (Wildman–Crippen MR) is 117 cm³/mol. The average Bonchev–Trinajstić information content (AvgIpc) is 2.78.